The lowest BCUT2D eigenvalue weighted by molar-refractivity contribution is 0.410. The first-order chi connectivity index (χ1) is 9.88. The lowest BCUT2D eigenvalue weighted by atomic mass is 10.1. The van der Waals surface area contributed by atoms with Crippen molar-refractivity contribution in [2.75, 3.05) is 19.4 Å². The fraction of sp³-hybridized carbons (Fsp3) is 0.625. The Bertz CT molecular complexity index is 538. The Hall–Kier alpha value is -1.07. The Kier molecular flexibility index (Phi) is 7.18. The molecule has 0 fully saturated rings. The van der Waals surface area contributed by atoms with Crippen molar-refractivity contribution >= 4 is 9.84 Å². The summed E-state index contributed by atoms with van der Waals surface area (Å²) in [5.74, 6) is 1.30. The number of benzene rings is 1. The van der Waals surface area contributed by atoms with Crippen LogP contribution in [0.25, 0.3) is 0 Å². The highest BCUT2D eigenvalue weighted by Gasteiger charge is 2.16. The van der Waals surface area contributed by atoms with Crippen LogP contribution in [0.1, 0.15) is 38.3 Å². The largest absolute Gasteiger partial charge is 0.496 e. The highest BCUT2D eigenvalue weighted by molar-refractivity contribution is 7.90. The second kappa shape index (κ2) is 8.39. The first-order valence-corrected chi connectivity index (χ1v) is 9.27. The fourth-order valence-electron chi connectivity index (χ4n) is 2.05. The van der Waals surface area contributed by atoms with Gasteiger partial charge in [-0.1, -0.05) is 26.8 Å². The number of rotatable bonds is 9. The predicted molar refractivity (Wildman–Crippen MR) is 87.3 cm³/mol. The molecule has 0 radical (unpaired) electrons. The Labute approximate surface area is 128 Å². The van der Waals surface area contributed by atoms with Gasteiger partial charge < -0.3 is 10.1 Å². The fourth-order valence-corrected chi connectivity index (χ4v) is 3.72. The molecule has 1 rings (SSSR count). The summed E-state index contributed by atoms with van der Waals surface area (Å²) in [5, 5.41) is 3.24. The summed E-state index contributed by atoms with van der Waals surface area (Å²) in [6, 6.07) is 5.74. The molecule has 1 aromatic carbocycles. The smallest absolute Gasteiger partial charge is 0.154 e. The van der Waals surface area contributed by atoms with Crippen molar-refractivity contribution in [3.05, 3.63) is 29.3 Å². The van der Waals surface area contributed by atoms with Crippen LogP contribution in [0.5, 0.6) is 5.75 Å². The molecule has 0 aliphatic rings. The van der Waals surface area contributed by atoms with E-state index in [0.717, 1.165) is 24.2 Å². The Balaban J connectivity index is 2.88. The molecular formula is C16H27NO3S. The summed E-state index contributed by atoms with van der Waals surface area (Å²) >= 11 is 0. The Morgan fingerprint density at radius 1 is 1.29 bits per heavy atom. The first kappa shape index (κ1) is 18.0. The van der Waals surface area contributed by atoms with Crippen molar-refractivity contribution in [3.8, 4) is 5.75 Å². The minimum Gasteiger partial charge on any atom is -0.496 e. The van der Waals surface area contributed by atoms with Gasteiger partial charge in [0, 0.05) is 12.1 Å². The molecule has 0 aliphatic carbocycles. The van der Waals surface area contributed by atoms with Crippen LogP contribution in [0.3, 0.4) is 0 Å². The van der Waals surface area contributed by atoms with Crippen molar-refractivity contribution in [1.82, 2.24) is 5.32 Å². The molecule has 0 heterocycles. The molecule has 21 heavy (non-hydrogen) atoms. The molecule has 120 valence electrons. The molecular weight excluding hydrogens is 286 g/mol. The zero-order valence-electron chi connectivity index (χ0n) is 13.5. The van der Waals surface area contributed by atoms with Gasteiger partial charge in [-0.3, -0.25) is 0 Å². The topological polar surface area (TPSA) is 55.4 Å². The van der Waals surface area contributed by atoms with Gasteiger partial charge in [0.05, 0.1) is 18.6 Å². The Morgan fingerprint density at radius 2 is 2.00 bits per heavy atom. The van der Waals surface area contributed by atoms with E-state index in [1.54, 1.807) is 7.11 Å². The summed E-state index contributed by atoms with van der Waals surface area (Å²) in [5.41, 5.74) is 1.82. The van der Waals surface area contributed by atoms with Crippen molar-refractivity contribution in [1.29, 1.82) is 0 Å². The second-order valence-corrected chi connectivity index (χ2v) is 7.89. The standard InChI is InChI=1S/C16H27NO3S/c1-5-17-11-14-6-7-16(20-4)15(10-14)12-21(18,19)9-8-13(2)3/h6-7,10,13,17H,5,8-9,11-12H2,1-4H3. The van der Waals surface area contributed by atoms with Gasteiger partial charge in [-0.25, -0.2) is 8.42 Å². The third kappa shape index (κ3) is 6.48. The van der Waals surface area contributed by atoms with Crippen LogP contribution in [-0.4, -0.2) is 27.8 Å². The minimum absolute atomic E-state index is 0.0445. The van der Waals surface area contributed by atoms with Crippen LogP contribution in [0.4, 0.5) is 0 Å². The molecule has 1 aromatic rings. The van der Waals surface area contributed by atoms with E-state index in [1.165, 1.54) is 0 Å². The molecule has 0 atom stereocenters. The summed E-state index contributed by atoms with van der Waals surface area (Å²) in [6.07, 6.45) is 0.696. The van der Waals surface area contributed by atoms with Crippen LogP contribution in [0.15, 0.2) is 18.2 Å². The van der Waals surface area contributed by atoms with Crippen LogP contribution >= 0.6 is 0 Å². The van der Waals surface area contributed by atoms with Gasteiger partial charge in [0.15, 0.2) is 9.84 Å². The van der Waals surface area contributed by atoms with Crippen molar-refractivity contribution in [2.45, 2.75) is 39.5 Å². The van der Waals surface area contributed by atoms with Gasteiger partial charge in [0.25, 0.3) is 0 Å². The molecule has 0 aliphatic heterocycles. The van der Waals surface area contributed by atoms with E-state index in [4.69, 9.17) is 4.74 Å². The maximum atomic E-state index is 12.2. The minimum atomic E-state index is -3.10. The van der Waals surface area contributed by atoms with E-state index in [9.17, 15) is 8.42 Å². The van der Waals surface area contributed by atoms with E-state index in [0.29, 0.717) is 18.1 Å². The number of methoxy groups -OCH3 is 1. The molecule has 0 saturated heterocycles. The lowest BCUT2D eigenvalue weighted by Crippen LogP contribution is -2.14. The van der Waals surface area contributed by atoms with Crippen molar-refractivity contribution < 1.29 is 13.2 Å². The number of ether oxygens (including phenoxy) is 1. The molecule has 5 heteroatoms. The predicted octanol–water partition coefficient (Wildman–Crippen LogP) is 2.77. The zero-order valence-corrected chi connectivity index (χ0v) is 14.3. The molecule has 0 amide bonds. The van der Waals surface area contributed by atoms with Gasteiger partial charge in [0.1, 0.15) is 5.75 Å². The maximum Gasteiger partial charge on any atom is 0.154 e. The van der Waals surface area contributed by atoms with Crippen LogP contribution in [0.2, 0.25) is 0 Å². The van der Waals surface area contributed by atoms with Gasteiger partial charge in [0.2, 0.25) is 0 Å². The summed E-state index contributed by atoms with van der Waals surface area (Å²) in [7, 11) is -1.53. The normalized spacial score (nSPS) is 11.9. The van der Waals surface area contributed by atoms with Gasteiger partial charge in [-0.2, -0.15) is 0 Å². The number of hydrogen-bond donors (Lipinski definition) is 1. The van der Waals surface area contributed by atoms with Crippen LogP contribution in [-0.2, 0) is 22.1 Å². The monoisotopic (exact) mass is 313 g/mol. The summed E-state index contributed by atoms with van der Waals surface area (Å²) < 4.78 is 29.7. The number of sulfone groups is 1. The third-order valence-electron chi connectivity index (χ3n) is 3.31. The van der Waals surface area contributed by atoms with Gasteiger partial charge >= 0.3 is 0 Å². The third-order valence-corrected chi connectivity index (χ3v) is 4.91. The summed E-state index contributed by atoms with van der Waals surface area (Å²) in [4.78, 5) is 0. The molecule has 1 N–H and O–H groups in total. The highest BCUT2D eigenvalue weighted by Crippen LogP contribution is 2.23. The average Bonchev–Trinajstić information content (AvgIpc) is 2.43. The maximum absolute atomic E-state index is 12.2. The van der Waals surface area contributed by atoms with E-state index < -0.39 is 9.84 Å². The number of hydrogen-bond acceptors (Lipinski definition) is 4. The molecule has 0 aromatic heterocycles. The quantitative estimate of drug-likeness (QED) is 0.761. The Morgan fingerprint density at radius 3 is 2.57 bits per heavy atom. The number of nitrogens with one attached hydrogen (secondary N) is 1. The van der Waals surface area contributed by atoms with E-state index in [1.807, 2.05) is 39.0 Å². The van der Waals surface area contributed by atoms with Gasteiger partial charge in [-0.15, -0.1) is 0 Å². The lowest BCUT2D eigenvalue weighted by Gasteiger charge is -2.12. The van der Waals surface area contributed by atoms with Crippen LogP contribution < -0.4 is 10.1 Å². The molecule has 0 unspecified atom stereocenters. The van der Waals surface area contributed by atoms with Gasteiger partial charge in [-0.05, 0) is 36.6 Å². The van der Waals surface area contributed by atoms with E-state index in [-0.39, 0.29) is 11.5 Å². The summed E-state index contributed by atoms with van der Waals surface area (Å²) in [6.45, 7) is 7.73. The second-order valence-electron chi connectivity index (χ2n) is 5.70. The highest BCUT2D eigenvalue weighted by atomic mass is 32.2. The zero-order chi connectivity index (χ0) is 15.9. The molecule has 0 spiro atoms. The first-order valence-electron chi connectivity index (χ1n) is 7.45. The SMILES string of the molecule is CCNCc1ccc(OC)c(CS(=O)(=O)CCC(C)C)c1. The van der Waals surface area contributed by atoms with Crippen LogP contribution in [0, 0.1) is 5.92 Å². The molecule has 0 bridgehead atoms. The molecule has 0 saturated carbocycles. The van der Waals surface area contributed by atoms with E-state index in [2.05, 4.69) is 5.32 Å². The molecule has 4 nitrogen and oxygen atoms in total. The van der Waals surface area contributed by atoms with Crippen molar-refractivity contribution in [2.24, 2.45) is 5.92 Å². The van der Waals surface area contributed by atoms with Crippen molar-refractivity contribution in [3.63, 3.8) is 0 Å². The van der Waals surface area contributed by atoms with E-state index >= 15 is 0 Å². The average molecular weight is 313 g/mol.